The molecule has 0 radical (unpaired) electrons. The number of rotatable bonds is 5. The molecule has 1 heterocycles. The third-order valence-electron chi connectivity index (χ3n) is 7.37. The summed E-state index contributed by atoms with van der Waals surface area (Å²) in [5.74, 6) is -1.60. The molecule has 6 rings (SSSR count). The standard InChI is InChI=1S/C33H26F2NPS/c34-29-20-19-24(21-30(29)35)31-22-28(23-11-4-1-5-12-23)27-17-10-18-32(33(27)36-31)37(38,25-13-6-2-7-14-25)26-15-8-3-9-16-26/h1-21,28,31,36H,22H2/t28-,31+/m1/s1. The second-order valence-corrected chi connectivity index (χ2v) is 14.0. The van der Waals surface area contributed by atoms with E-state index in [2.05, 4.69) is 59.9 Å². The van der Waals surface area contributed by atoms with Crippen molar-refractivity contribution in [3.63, 3.8) is 0 Å². The molecule has 0 fully saturated rings. The van der Waals surface area contributed by atoms with Gasteiger partial charge in [0, 0.05) is 22.9 Å². The lowest BCUT2D eigenvalue weighted by Crippen LogP contribution is -2.32. The van der Waals surface area contributed by atoms with Gasteiger partial charge in [-0.05, 0) is 45.9 Å². The molecule has 5 aromatic rings. The highest BCUT2D eigenvalue weighted by Crippen LogP contribution is 2.50. The minimum absolute atomic E-state index is 0.0699. The van der Waals surface area contributed by atoms with Crippen LogP contribution in [0.3, 0.4) is 0 Å². The predicted molar refractivity (Wildman–Crippen MR) is 158 cm³/mol. The molecule has 1 aliphatic rings. The summed E-state index contributed by atoms with van der Waals surface area (Å²) in [4.78, 5) is 0. The van der Waals surface area contributed by atoms with Gasteiger partial charge in [0.05, 0.1) is 6.04 Å². The van der Waals surface area contributed by atoms with E-state index in [1.807, 2.05) is 54.6 Å². The summed E-state index contributed by atoms with van der Waals surface area (Å²) in [6.07, 6.45) is 0.713. The van der Waals surface area contributed by atoms with Crippen LogP contribution in [0.1, 0.15) is 35.1 Å². The Morgan fingerprint density at radius 3 is 1.84 bits per heavy atom. The lowest BCUT2D eigenvalue weighted by atomic mass is 9.80. The smallest absolute Gasteiger partial charge is 0.159 e. The number of benzene rings is 5. The van der Waals surface area contributed by atoms with Gasteiger partial charge in [0.2, 0.25) is 0 Å². The third-order valence-corrected chi connectivity index (χ3v) is 12.3. The third kappa shape index (κ3) is 4.38. The normalized spacial score (nSPS) is 16.9. The summed E-state index contributed by atoms with van der Waals surface area (Å²) in [5.41, 5.74) is 4.08. The summed E-state index contributed by atoms with van der Waals surface area (Å²) in [5, 5.41) is 7.05. The molecule has 0 unspecified atom stereocenters. The van der Waals surface area contributed by atoms with E-state index in [1.54, 1.807) is 6.07 Å². The Balaban J connectivity index is 1.59. The molecular formula is C33H26F2NPS. The monoisotopic (exact) mass is 537 g/mol. The average molecular weight is 538 g/mol. The first-order valence-electron chi connectivity index (χ1n) is 12.7. The van der Waals surface area contributed by atoms with Crippen LogP contribution < -0.4 is 21.2 Å². The molecular weight excluding hydrogens is 511 g/mol. The molecule has 2 atom stereocenters. The number of anilines is 1. The zero-order valence-electron chi connectivity index (χ0n) is 20.6. The summed E-state index contributed by atoms with van der Waals surface area (Å²) >= 11 is 6.70. The predicted octanol–water partition coefficient (Wildman–Crippen LogP) is 7.41. The summed E-state index contributed by atoms with van der Waals surface area (Å²) in [6.45, 7) is 0. The fourth-order valence-electron chi connectivity index (χ4n) is 5.52. The van der Waals surface area contributed by atoms with Gasteiger partial charge in [-0.1, -0.05) is 127 Å². The lowest BCUT2D eigenvalue weighted by Gasteiger charge is -2.37. The quantitative estimate of drug-likeness (QED) is 0.234. The zero-order chi connectivity index (χ0) is 26.1. The van der Waals surface area contributed by atoms with Crippen LogP contribution >= 0.6 is 6.04 Å². The molecule has 5 aromatic carbocycles. The molecule has 0 aliphatic carbocycles. The van der Waals surface area contributed by atoms with Crippen molar-refractivity contribution in [3.8, 4) is 0 Å². The van der Waals surface area contributed by atoms with Gasteiger partial charge in [-0.3, -0.25) is 0 Å². The molecule has 1 aliphatic heterocycles. The summed E-state index contributed by atoms with van der Waals surface area (Å²) in [6, 6.07) is 39.0. The lowest BCUT2D eigenvalue weighted by molar-refractivity contribution is 0.503. The molecule has 0 aromatic heterocycles. The second-order valence-electron chi connectivity index (χ2n) is 9.59. The molecule has 0 saturated heterocycles. The maximum atomic E-state index is 14.3. The van der Waals surface area contributed by atoms with Crippen molar-refractivity contribution < 1.29 is 8.78 Å². The average Bonchev–Trinajstić information content (AvgIpc) is 2.98. The highest BCUT2D eigenvalue weighted by Gasteiger charge is 2.35. The van der Waals surface area contributed by atoms with Gasteiger partial charge in [0.15, 0.2) is 11.6 Å². The van der Waals surface area contributed by atoms with Crippen molar-refractivity contribution in [2.45, 2.75) is 18.4 Å². The van der Waals surface area contributed by atoms with Gasteiger partial charge in [-0.25, -0.2) is 8.78 Å². The van der Waals surface area contributed by atoms with Gasteiger partial charge in [-0.15, -0.1) is 0 Å². The van der Waals surface area contributed by atoms with Crippen molar-refractivity contribution in [2.24, 2.45) is 0 Å². The van der Waals surface area contributed by atoms with E-state index >= 15 is 0 Å². The van der Waals surface area contributed by atoms with Crippen molar-refractivity contribution in [1.82, 2.24) is 0 Å². The van der Waals surface area contributed by atoms with E-state index in [0.29, 0.717) is 6.42 Å². The Labute approximate surface area is 227 Å². The maximum absolute atomic E-state index is 14.3. The number of halogens is 2. The summed E-state index contributed by atoms with van der Waals surface area (Å²) < 4.78 is 28.2. The highest BCUT2D eigenvalue weighted by molar-refractivity contribution is 8.25. The number of para-hydroxylation sites is 1. The topological polar surface area (TPSA) is 12.0 Å². The van der Waals surface area contributed by atoms with Crippen LogP contribution in [0.25, 0.3) is 0 Å². The first-order valence-corrected chi connectivity index (χ1v) is 15.5. The van der Waals surface area contributed by atoms with E-state index < -0.39 is 17.7 Å². The summed E-state index contributed by atoms with van der Waals surface area (Å²) in [7, 11) is 0. The van der Waals surface area contributed by atoms with E-state index in [4.69, 9.17) is 11.8 Å². The van der Waals surface area contributed by atoms with Crippen LogP contribution in [0.15, 0.2) is 127 Å². The van der Waals surface area contributed by atoms with Gasteiger partial charge in [-0.2, -0.15) is 0 Å². The molecule has 1 N–H and O–H groups in total. The van der Waals surface area contributed by atoms with Gasteiger partial charge in [0.25, 0.3) is 0 Å². The van der Waals surface area contributed by atoms with E-state index in [9.17, 15) is 8.78 Å². The number of hydrogen-bond acceptors (Lipinski definition) is 2. The first kappa shape index (κ1) is 24.7. The number of hydrogen-bond donors (Lipinski definition) is 1. The molecule has 0 bridgehead atoms. The highest BCUT2D eigenvalue weighted by atomic mass is 32.4. The van der Waals surface area contributed by atoms with Crippen LogP contribution in [-0.2, 0) is 11.8 Å². The van der Waals surface area contributed by atoms with Gasteiger partial charge >= 0.3 is 0 Å². The Morgan fingerprint density at radius 1 is 0.632 bits per heavy atom. The number of nitrogens with one attached hydrogen (secondary N) is 1. The first-order chi connectivity index (χ1) is 18.6. The van der Waals surface area contributed by atoms with Crippen LogP contribution in [0.4, 0.5) is 14.5 Å². The second kappa shape index (κ2) is 10.3. The van der Waals surface area contributed by atoms with Crippen LogP contribution in [0.2, 0.25) is 0 Å². The minimum atomic E-state index is -2.45. The fraction of sp³-hybridized carbons (Fsp3) is 0.0909. The van der Waals surface area contributed by atoms with Crippen LogP contribution in [0.5, 0.6) is 0 Å². The van der Waals surface area contributed by atoms with Crippen molar-refractivity contribution in [1.29, 1.82) is 0 Å². The Hall–Kier alpha value is -3.59. The van der Waals surface area contributed by atoms with E-state index in [-0.39, 0.29) is 12.0 Å². The molecule has 0 saturated carbocycles. The maximum Gasteiger partial charge on any atom is 0.159 e. The van der Waals surface area contributed by atoms with Crippen molar-refractivity contribution in [3.05, 3.63) is 156 Å². The van der Waals surface area contributed by atoms with Gasteiger partial charge < -0.3 is 5.32 Å². The molecule has 1 nitrogen and oxygen atoms in total. The largest absolute Gasteiger partial charge is 0.377 e. The Morgan fingerprint density at radius 2 is 1.24 bits per heavy atom. The minimum Gasteiger partial charge on any atom is -0.377 e. The Kier molecular flexibility index (Phi) is 6.69. The SMILES string of the molecule is Fc1ccc([C@@H]2C[C@H](c3ccccc3)c3cccc(P(=S)(c4ccccc4)c4ccccc4)c3N2)cc1F. The molecule has 0 spiro atoms. The fourth-order valence-corrected chi connectivity index (χ4v) is 9.55. The van der Waals surface area contributed by atoms with Crippen molar-refractivity contribution in [2.75, 3.05) is 5.32 Å². The van der Waals surface area contributed by atoms with Crippen LogP contribution in [-0.4, -0.2) is 0 Å². The zero-order valence-corrected chi connectivity index (χ0v) is 22.3. The van der Waals surface area contributed by atoms with Gasteiger partial charge in [0.1, 0.15) is 0 Å². The van der Waals surface area contributed by atoms with E-state index in [0.717, 1.165) is 27.2 Å². The van der Waals surface area contributed by atoms with Crippen LogP contribution in [0, 0.1) is 11.6 Å². The molecule has 5 heteroatoms. The number of fused-ring (bicyclic) bond motifs is 1. The molecule has 188 valence electrons. The molecule has 38 heavy (non-hydrogen) atoms. The molecule has 0 amide bonds. The Bertz CT molecular complexity index is 1580. The van der Waals surface area contributed by atoms with E-state index in [1.165, 1.54) is 23.3 Å². The van der Waals surface area contributed by atoms with Crippen molar-refractivity contribution >= 4 is 39.4 Å².